The van der Waals surface area contributed by atoms with Crippen molar-refractivity contribution in [3.63, 3.8) is 0 Å². The van der Waals surface area contributed by atoms with E-state index in [0.717, 1.165) is 6.54 Å². The van der Waals surface area contributed by atoms with Crippen molar-refractivity contribution in [3.05, 3.63) is 34.9 Å². The van der Waals surface area contributed by atoms with Gasteiger partial charge in [0.25, 0.3) is 0 Å². The smallest absolute Gasteiger partial charge is 0.0380 e. The van der Waals surface area contributed by atoms with Gasteiger partial charge >= 0.3 is 0 Å². The molecule has 0 aliphatic carbocycles. The largest absolute Gasteiger partial charge is 0.308 e. The van der Waals surface area contributed by atoms with Crippen molar-refractivity contribution in [2.75, 3.05) is 5.88 Å². The molecule has 0 aliphatic rings. The normalized spacial score (nSPS) is 13.1. The SMILES string of the molecule is Cc1ccc(CNC(CCl)C(C)C)cc1C. The molecule has 1 atom stereocenters. The van der Waals surface area contributed by atoms with E-state index in [0.29, 0.717) is 17.8 Å². The number of rotatable bonds is 5. The molecule has 0 radical (unpaired) electrons. The highest BCUT2D eigenvalue weighted by Crippen LogP contribution is 2.11. The molecule has 0 heterocycles. The van der Waals surface area contributed by atoms with Crippen LogP contribution in [0.2, 0.25) is 0 Å². The number of alkyl halides is 1. The van der Waals surface area contributed by atoms with Gasteiger partial charge in [-0.3, -0.25) is 0 Å². The number of halogens is 1. The molecule has 1 rings (SSSR count). The average molecular weight is 240 g/mol. The molecule has 1 aromatic rings. The van der Waals surface area contributed by atoms with Crippen LogP contribution < -0.4 is 5.32 Å². The minimum absolute atomic E-state index is 0.392. The third kappa shape index (κ3) is 3.80. The molecular weight excluding hydrogens is 218 g/mol. The van der Waals surface area contributed by atoms with Gasteiger partial charge in [0.1, 0.15) is 0 Å². The Morgan fingerprint density at radius 2 is 1.88 bits per heavy atom. The second-order valence-corrected chi connectivity index (χ2v) is 5.11. The van der Waals surface area contributed by atoms with E-state index in [1.54, 1.807) is 0 Å². The summed E-state index contributed by atoms with van der Waals surface area (Å²) in [5.74, 6) is 1.24. The van der Waals surface area contributed by atoms with Gasteiger partial charge in [0.05, 0.1) is 0 Å². The monoisotopic (exact) mass is 239 g/mol. The van der Waals surface area contributed by atoms with Crippen LogP contribution >= 0.6 is 11.6 Å². The van der Waals surface area contributed by atoms with Gasteiger partial charge in [0.2, 0.25) is 0 Å². The Kier molecular flexibility index (Phi) is 5.30. The van der Waals surface area contributed by atoms with E-state index in [4.69, 9.17) is 11.6 Å². The fraction of sp³-hybridized carbons (Fsp3) is 0.571. The Morgan fingerprint density at radius 3 is 2.38 bits per heavy atom. The lowest BCUT2D eigenvalue weighted by Gasteiger charge is -2.20. The fourth-order valence-corrected chi connectivity index (χ4v) is 2.10. The number of nitrogens with one attached hydrogen (secondary N) is 1. The van der Waals surface area contributed by atoms with Gasteiger partial charge in [0.15, 0.2) is 0 Å². The zero-order valence-electron chi connectivity index (χ0n) is 10.7. The maximum Gasteiger partial charge on any atom is 0.0380 e. The second kappa shape index (κ2) is 6.27. The van der Waals surface area contributed by atoms with Crippen LogP contribution in [0, 0.1) is 19.8 Å². The summed E-state index contributed by atoms with van der Waals surface area (Å²) in [7, 11) is 0. The average Bonchev–Trinajstić information content (AvgIpc) is 2.23. The maximum absolute atomic E-state index is 5.92. The summed E-state index contributed by atoms with van der Waals surface area (Å²) in [6.45, 7) is 9.58. The van der Waals surface area contributed by atoms with Crippen LogP contribution in [0.5, 0.6) is 0 Å². The molecule has 1 unspecified atom stereocenters. The van der Waals surface area contributed by atoms with Crippen LogP contribution in [0.4, 0.5) is 0 Å². The Bertz CT molecular complexity index is 334. The van der Waals surface area contributed by atoms with E-state index in [-0.39, 0.29) is 0 Å². The van der Waals surface area contributed by atoms with Crippen LogP contribution in [-0.4, -0.2) is 11.9 Å². The minimum Gasteiger partial charge on any atom is -0.308 e. The molecule has 1 N–H and O–H groups in total. The minimum atomic E-state index is 0.392. The van der Waals surface area contributed by atoms with Crippen molar-refractivity contribution in [1.82, 2.24) is 5.32 Å². The second-order valence-electron chi connectivity index (χ2n) is 4.80. The highest BCUT2D eigenvalue weighted by molar-refractivity contribution is 6.18. The molecule has 0 aliphatic heterocycles. The molecule has 0 saturated heterocycles. The van der Waals surface area contributed by atoms with Gasteiger partial charge in [0, 0.05) is 18.5 Å². The summed E-state index contributed by atoms with van der Waals surface area (Å²) in [5, 5.41) is 3.50. The van der Waals surface area contributed by atoms with Crippen molar-refractivity contribution in [3.8, 4) is 0 Å². The highest BCUT2D eigenvalue weighted by atomic mass is 35.5. The molecule has 1 nitrogen and oxygen atoms in total. The molecule has 0 amide bonds. The first-order valence-corrected chi connectivity index (χ1v) is 6.43. The lowest BCUT2D eigenvalue weighted by Crippen LogP contribution is -2.34. The first-order chi connectivity index (χ1) is 7.54. The molecule has 0 fully saturated rings. The van der Waals surface area contributed by atoms with Crippen LogP contribution in [0.25, 0.3) is 0 Å². The molecular formula is C14H22ClN. The summed E-state index contributed by atoms with van der Waals surface area (Å²) in [6, 6.07) is 7.00. The van der Waals surface area contributed by atoms with Crippen LogP contribution in [-0.2, 0) is 6.54 Å². The van der Waals surface area contributed by atoms with E-state index < -0.39 is 0 Å². The number of aryl methyl sites for hydroxylation is 2. The van der Waals surface area contributed by atoms with Gasteiger partial charge in [-0.05, 0) is 36.5 Å². The Balaban J connectivity index is 2.57. The number of hydrogen-bond acceptors (Lipinski definition) is 1. The predicted molar refractivity (Wildman–Crippen MR) is 72.1 cm³/mol. The zero-order valence-corrected chi connectivity index (χ0v) is 11.4. The predicted octanol–water partition coefficient (Wildman–Crippen LogP) is 3.66. The van der Waals surface area contributed by atoms with Gasteiger partial charge in [-0.2, -0.15) is 0 Å². The molecule has 2 heteroatoms. The topological polar surface area (TPSA) is 12.0 Å². The van der Waals surface area contributed by atoms with Crippen molar-refractivity contribution in [2.24, 2.45) is 5.92 Å². The lowest BCUT2D eigenvalue weighted by molar-refractivity contribution is 0.430. The first kappa shape index (κ1) is 13.5. The molecule has 0 bridgehead atoms. The van der Waals surface area contributed by atoms with Gasteiger partial charge in [-0.1, -0.05) is 32.0 Å². The molecule has 0 saturated carbocycles. The number of hydrogen-bond donors (Lipinski definition) is 1. The highest BCUT2D eigenvalue weighted by Gasteiger charge is 2.10. The summed E-state index contributed by atoms with van der Waals surface area (Å²) >= 11 is 5.92. The van der Waals surface area contributed by atoms with Crippen molar-refractivity contribution < 1.29 is 0 Å². The van der Waals surface area contributed by atoms with E-state index in [1.165, 1.54) is 16.7 Å². The lowest BCUT2D eigenvalue weighted by atomic mass is 10.0. The Hall–Kier alpha value is -0.530. The van der Waals surface area contributed by atoms with Crippen molar-refractivity contribution >= 4 is 11.6 Å². The molecule has 0 spiro atoms. The van der Waals surface area contributed by atoms with Crippen LogP contribution in [0.15, 0.2) is 18.2 Å². The van der Waals surface area contributed by atoms with Crippen LogP contribution in [0.3, 0.4) is 0 Å². The molecule has 0 aromatic heterocycles. The Morgan fingerprint density at radius 1 is 1.19 bits per heavy atom. The molecule has 16 heavy (non-hydrogen) atoms. The summed E-state index contributed by atoms with van der Waals surface area (Å²) in [5.41, 5.74) is 4.03. The van der Waals surface area contributed by atoms with E-state index in [1.807, 2.05) is 0 Å². The van der Waals surface area contributed by atoms with Gasteiger partial charge in [-0.25, -0.2) is 0 Å². The van der Waals surface area contributed by atoms with Crippen molar-refractivity contribution in [2.45, 2.75) is 40.3 Å². The molecule has 90 valence electrons. The first-order valence-electron chi connectivity index (χ1n) is 5.90. The maximum atomic E-state index is 5.92. The molecule has 1 aromatic carbocycles. The van der Waals surface area contributed by atoms with Crippen molar-refractivity contribution in [1.29, 1.82) is 0 Å². The van der Waals surface area contributed by atoms with E-state index in [2.05, 4.69) is 51.2 Å². The van der Waals surface area contributed by atoms with E-state index >= 15 is 0 Å². The standard InChI is InChI=1S/C14H22ClN/c1-10(2)14(8-15)16-9-13-6-5-11(3)12(4)7-13/h5-7,10,14,16H,8-9H2,1-4H3. The third-order valence-electron chi connectivity index (χ3n) is 3.11. The van der Waals surface area contributed by atoms with Gasteiger partial charge in [-0.15, -0.1) is 11.6 Å². The van der Waals surface area contributed by atoms with Crippen LogP contribution in [0.1, 0.15) is 30.5 Å². The van der Waals surface area contributed by atoms with E-state index in [9.17, 15) is 0 Å². The summed E-state index contributed by atoms with van der Waals surface area (Å²) < 4.78 is 0. The fourth-order valence-electron chi connectivity index (χ4n) is 1.63. The summed E-state index contributed by atoms with van der Waals surface area (Å²) in [6.07, 6.45) is 0. The Labute approximate surface area is 104 Å². The number of benzene rings is 1. The third-order valence-corrected chi connectivity index (χ3v) is 3.44. The summed E-state index contributed by atoms with van der Waals surface area (Å²) in [4.78, 5) is 0. The zero-order chi connectivity index (χ0) is 12.1. The van der Waals surface area contributed by atoms with Gasteiger partial charge < -0.3 is 5.32 Å². The quantitative estimate of drug-likeness (QED) is 0.774.